The number of nitrogens with zero attached hydrogens (tertiary/aromatic N) is 1. The van der Waals surface area contributed by atoms with Crippen LogP contribution in [-0.2, 0) is 15.1 Å². The average molecular weight is 276 g/mol. The van der Waals surface area contributed by atoms with Gasteiger partial charge in [0.05, 0.1) is 6.61 Å². The number of anilines is 1. The van der Waals surface area contributed by atoms with E-state index in [2.05, 4.69) is 11.9 Å². The third kappa shape index (κ3) is 3.61. The second-order valence-corrected chi connectivity index (χ2v) is 4.96. The van der Waals surface area contributed by atoms with Crippen molar-refractivity contribution in [3.05, 3.63) is 42.5 Å². The van der Waals surface area contributed by atoms with Crippen molar-refractivity contribution in [2.45, 2.75) is 19.4 Å². The zero-order valence-electron chi connectivity index (χ0n) is 12.8. The SMILES string of the molecule is C=CCNC(C)(C(=O)OCC)c1ccc(N(C)C)cc1. The molecule has 0 aliphatic rings. The van der Waals surface area contributed by atoms with Gasteiger partial charge in [0.1, 0.15) is 5.54 Å². The fourth-order valence-electron chi connectivity index (χ4n) is 1.94. The number of hydrogen-bond acceptors (Lipinski definition) is 4. The Morgan fingerprint density at radius 2 is 2.00 bits per heavy atom. The summed E-state index contributed by atoms with van der Waals surface area (Å²) in [5.74, 6) is -0.278. The van der Waals surface area contributed by atoms with Crippen LogP contribution in [0.4, 0.5) is 5.69 Å². The third-order valence-electron chi connectivity index (χ3n) is 3.24. The monoisotopic (exact) mass is 276 g/mol. The highest BCUT2D eigenvalue weighted by Gasteiger charge is 2.35. The van der Waals surface area contributed by atoms with Gasteiger partial charge in [-0.05, 0) is 31.5 Å². The average Bonchev–Trinajstić information content (AvgIpc) is 2.45. The van der Waals surface area contributed by atoms with E-state index in [1.165, 1.54) is 0 Å². The number of hydrogen-bond donors (Lipinski definition) is 1. The maximum Gasteiger partial charge on any atom is 0.330 e. The van der Waals surface area contributed by atoms with Crippen LogP contribution in [-0.4, -0.2) is 33.2 Å². The molecule has 0 saturated carbocycles. The van der Waals surface area contributed by atoms with Crippen LogP contribution in [0.3, 0.4) is 0 Å². The molecule has 0 amide bonds. The summed E-state index contributed by atoms with van der Waals surface area (Å²) in [6.07, 6.45) is 1.73. The predicted octanol–water partition coefficient (Wildman–Crippen LogP) is 2.31. The van der Waals surface area contributed by atoms with Crippen LogP contribution in [0.15, 0.2) is 36.9 Å². The van der Waals surface area contributed by atoms with Gasteiger partial charge in [-0.2, -0.15) is 0 Å². The fraction of sp³-hybridized carbons (Fsp3) is 0.438. The van der Waals surface area contributed by atoms with Gasteiger partial charge in [-0.3, -0.25) is 5.32 Å². The second-order valence-electron chi connectivity index (χ2n) is 4.96. The molecule has 1 atom stereocenters. The molecule has 0 saturated heterocycles. The Bertz CT molecular complexity index is 454. The Morgan fingerprint density at radius 1 is 1.40 bits per heavy atom. The van der Waals surface area contributed by atoms with E-state index in [1.54, 1.807) is 13.0 Å². The molecule has 1 rings (SSSR count). The summed E-state index contributed by atoms with van der Waals surface area (Å²) in [5.41, 5.74) is 1.10. The Morgan fingerprint density at radius 3 is 2.45 bits per heavy atom. The highest BCUT2D eigenvalue weighted by molar-refractivity contribution is 5.82. The normalized spacial score (nSPS) is 13.4. The minimum atomic E-state index is -0.866. The van der Waals surface area contributed by atoms with E-state index in [1.807, 2.05) is 50.2 Å². The summed E-state index contributed by atoms with van der Waals surface area (Å²) < 4.78 is 5.19. The summed E-state index contributed by atoms with van der Waals surface area (Å²) in [7, 11) is 3.96. The van der Waals surface area contributed by atoms with E-state index in [0.717, 1.165) is 11.3 Å². The second kappa shape index (κ2) is 7.10. The molecule has 0 heterocycles. The number of carbonyl (C=O) groups excluding carboxylic acids is 1. The zero-order valence-corrected chi connectivity index (χ0v) is 12.8. The molecule has 0 spiro atoms. The maximum absolute atomic E-state index is 12.3. The highest BCUT2D eigenvalue weighted by atomic mass is 16.5. The van der Waals surface area contributed by atoms with E-state index in [9.17, 15) is 4.79 Å². The van der Waals surface area contributed by atoms with Crippen LogP contribution in [0.2, 0.25) is 0 Å². The van der Waals surface area contributed by atoms with Gasteiger partial charge in [-0.15, -0.1) is 6.58 Å². The molecule has 0 fully saturated rings. The molecular weight excluding hydrogens is 252 g/mol. The molecular formula is C16H24N2O2. The molecule has 4 nitrogen and oxygen atoms in total. The lowest BCUT2D eigenvalue weighted by Gasteiger charge is -2.29. The van der Waals surface area contributed by atoms with Crippen LogP contribution < -0.4 is 10.2 Å². The van der Waals surface area contributed by atoms with Gasteiger partial charge in [0.15, 0.2) is 0 Å². The van der Waals surface area contributed by atoms with E-state index >= 15 is 0 Å². The minimum absolute atomic E-state index is 0.278. The Kier molecular flexibility index (Phi) is 5.77. The summed E-state index contributed by atoms with van der Waals surface area (Å²) in [6, 6.07) is 7.87. The molecule has 0 aromatic heterocycles. The van der Waals surface area contributed by atoms with Gasteiger partial charge in [-0.25, -0.2) is 4.79 Å². The number of nitrogens with one attached hydrogen (secondary N) is 1. The lowest BCUT2D eigenvalue weighted by Crippen LogP contribution is -2.47. The smallest absolute Gasteiger partial charge is 0.330 e. The quantitative estimate of drug-likeness (QED) is 0.613. The highest BCUT2D eigenvalue weighted by Crippen LogP contribution is 2.25. The molecule has 1 N–H and O–H groups in total. The van der Waals surface area contributed by atoms with Gasteiger partial charge in [0.25, 0.3) is 0 Å². The standard InChI is InChI=1S/C16H24N2O2/c1-6-12-17-16(3,15(19)20-7-2)13-8-10-14(11-9-13)18(4)5/h6,8-11,17H,1,7,12H2,2-5H3. The van der Waals surface area contributed by atoms with Gasteiger partial charge >= 0.3 is 5.97 Å². The molecule has 20 heavy (non-hydrogen) atoms. The van der Waals surface area contributed by atoms with Crippen molar-refractivity contribution in [1.82, 2.24) is 5.32 Å². The van der Waals surface area contributed by atoms with Crippen molar-refractivity contribution in [2.24, 2.45) is 0 Å². The van der Waals surface area contributed by atoms with E-state index in [-0.39, 0.29) is 5.97 Å². The number of carbonyl (C=O) groups is 1. The first-order valence-electron chi connectivity index (χ1n) is 6.76. The van der Waals surface area contributed by atoms with E-state index in [4.69, 9.17) is 4.74 Å². The van der Waals surface area contributed by atoms with Crippen molar-refractivity contribution in [2.75, 3.05) is 32.1 Å². The van der Waals surface area contributed by atoms with Crippen LogP contribution in [0.1, 0.15) is 19.4 Å². The molecule has 0 aliphatic carbocycles. The first-order chi connectivity index (χ1) is 9.45. The molecule has 1 aromatic carbocycles. The van der Waals surface area contributed by atoms with Gasteiger partial charge < -0.3 is 9.64 Å². The molecule has 1 unspecified atom stereocenters. The Labute approximate surface area is 121 Å². The lowest BCUT2D eigenvalue weighted by molar-refractivity contribution is -0.150. The van der Waals surface area contributed by atoms with Crippen molar-refractivity contribution < 1.29 is 9.53 Å². The number of ether oxygens (including phenoxy) is 1. The summed E-state index contributed by atoms with van der Waals surface area (Å²) >= 11 is 0. The zero-order chi connectivity index (χ0) is 15.2. The molecule has 0 bridgehead atoms. The first kappa shape index (κ1) is 16.2. The fourth-order valence-corrected chi connectivity index (χ4v) is 1.94. The van der Waals surface area contributed by atoms with Gasteiger partial charge in [0, 0.05) is 26.3 Å². The molecule has 0 radical (unpaired) electrons. The number of rotatable bonds is 7. The Balaban J connectivity index is 3.09. The maximum atomic E-state index is 12.3. The minimum Gasteiger partial charge on any atom is -0.464 e. The largest absolute Gasteiger partial charge is 0.464 e. The molecule has 1 aromatic rings. The third-order valence-corrected chi connectivity index (χ3v) is 3.24. The molecule has 4 heteroatoms. The van der Waals surface area contributed by atoms with Crippen molar-refractivity contribution in [3.8, 4) is 0 Å². The van der Waals surface area contributed by atoms with E-state index < -0.39 is 5.54 Å². The topological polar surface area (TPSA) is 41.6 Å². The van der Waals surface area contributed by atoms with Crippen molar-refractivity contribution in [1.29, 1.82) is 0 Å². The van der Waals surface area contributed by atoms with Crippen molar-refractivity contribution in [3.63, 3.8) is 0 Å². The van der Waals surface area contributed by atoms with Crippen molar-refractivity contribution >= 4 is 11.7 Å². The van der Waals surface area contributed by atoms with Crippen LogP contribution in [0.25, 0.3) is 0 Å². The van der Waals surface area contributed by atoms with E-state index in [0.29, 0.717) is 13.2 Å². The predicted molar refractivity (Wildman–Crippen MR) is 83.0 cm³/mol. The van der Waals surface area contributed by atoms with Crippen LogP contribution in [0, 0.1) is 0 Å². The lowest BCUT2D eigenvalue weighted by atomic mass is 9.91. The first-order valence-corrected chi connectivity index (χ1v) is 6.76. The Hall–Kier alpha value is -1.81. The molecule has 110 valence electrons. The van der Waals surface area contributed by atoms with Gasteiger partial charge in [0.2, 0.25) is 0 Å². The number of esters is 1. The van der Waals surface area contributed by atoms with Crippen LogP contribution in [0.5, 0.6) is 0 Å². The van der Waals surface area contributed by atoms with Crippen LogP contribution >= 0.6 is 0 Å². The summed E-state index contributed by atoms with van der Waals surface area (Å²) in [5, 5.41) is 3.19. The van der Waals surface area contributed by atoms with Gasteiger partial charge in [-0.1, -0.05) is 18.2 Å². The summed E-state index contributed by atoms with van der Waals surface area (Å²) in [4.78, 5) is 14.3. The molecule has 0 aliphatic heterocycles. The summed E-state index contributed by atoms with van der Waals surface area (Å²) in [6.45, 7) is 8.21. The number of benzene rings is 1.